The molecule has 0 aliphatic heterocycles. The van der Waals surface area contributed by atoms with Crippen LogP contribution in [0.1, 0.15) is 63.5 Å². The van der Waals surface area contributed by atoms with Gasteiger partial charge in [0, 0.05) is 17.6 Å². The first-order valence-electron chi connectivity index (χ1n) is 11.4. The van der Waals surface area contributed by atoms with E-state index in [1.165, 1.54) is 5.56 Å². The highest BCUT2D eigenvalue weighted by atomic mass is 35.5. The van der Waals surface area contributed by atoms with Gasteiger partial charge in [0.25, 0.3) is 5.91 Å². The van der Waals surface area contributed by atoms with Crippen LogP contribution < -0.4 is 10.1 Å². The molecule has 0 heterocycles. The van der Waals surface area contributed by atoms with Gasteiger partial charge in [-0.15, -0.1) is 0 Å². The Morgan fingerprint density at radius 1 is 1.03 bits per heavy atom. The Hall–Kier alpha value is -2.53. The van der Waals surface area contributed by atoms with Gasteiger partial charge in [-0.1, -0.05) is 62.6 Å². The summed E-state index contributed by atoms with van der Waals surface area (Å²) >= 11 is 6.00. The van der Waals surface area contributed by atoms with Crippen LogP contribution in [0.2, 0.25) is 5.02 Å². The summed E-state index contributed by atoms with van der Waals surface area (Å²) in [6, 6.07) is 14.7. The molecule has 0 bridgehead atoms. The molecule has 1 N–H and O–H groups in total. The van der Waals surface area contributed by atoms with E-state index in [0.29, 0.717) is 23.2 Å². The fourth-order valence-corrected chi connectivity index (χ4v) is 4.06. The van der Waals surface area contributed by atoms with Crippen molar-refractivity contribution in [1.82, 2.24) is 10.2 Å². The summed E-state index contributed by atoms with van der Waals surface area (Å²) in [5, 5.41) is 3.74. The Morgan fingerprint density at radius 2 is 1.66 bits per heavy atom. The Balaban J connectivity index is 1.68. The lowest BCUT2D eigenvalue weighted by Crippen LogP contribution is -2.50. The smallest absolute Gasteiger partial charge is 0.261 e. The van der Waals surface area contributed by atoms with Crippen LogP contribution >= 0.6 is 11.6 Å². The standard InChI is InChI=1S/C26H33ClN2O3/c1-18(2)21-10-14-24(15-11-21)32-17-25(30)29(16-20-8-12-22(27)13-9-20)19(3)26(31)28-23-6-4-5-7-23/h8-15,18-19,23H,4-7,16-17H2,1-3H3,(H,28,31)/t19-/m1/s1. The summed E-state index contributed by atoms with van der Waals surface area (Å²) in [6.45, 7) is 6.22. The van der Waals surface area contributed by atoms with E-state index >= 15 is 0 Å². The van der Waals surface area contributed by atoms with E-state index in [4.69, 9.17) is 16.3 Å². The molecule has 0 saturated heterocycles. The minimum absolute atomic E-state index is 0.125. The fraction of sp³-hybridized carbons (Fsp3) is 0.462. The molecule has 1 atom stereocenters. The summed E-state index contributed by atoms with van der Waals surface area (Å²) in [5.74, 6) is 0.708. The number of hydrogen-bond donors (Lipinski definition) is 1. The molecule has 1 saturated carbocycles. The van der Waals surface area contributed by atoms with Crippen LogP contribution in [0.3, 0.4) is 0 Å². The first-order valence-corrected chi connectivity index (χ1v) is 11.8. The molecule has 172 valence electrons. The van der Waals surface area contributed by atoms with Crippen molar-refractivity contribution in [2.45, 2.75) is 71.0 Å². The van der Waals surface area contributed by atoms with Crippen molar-refractivity contribution in [3.05, 3.63) is 64.7 Å². The SMILES string of the molecule is CC(C)c1ccc(OCC(=O)N(Cc2ccc(Cl)cc2)[C@H](C)C(=O)NC2CCCC2)cc1. The first kappa shape index (κ1) is 24.1. The zero-order valence-electron chi connectivity index (χ0n) is 19.1. The fourth-order valence-electron chi connectivity index (χ4n) is 3.94. The van der Waals surface area contributed by atoms with E-state index in [-0.39, 0.29) is 24.5 Å². The molecule has 1 fully saturated rings. The minimum atomic E-state index is -0.606. The molecule has 0 radical (unpaired) electrons. The number of ether oxygens (including phenoxy) is 1. The van der Waals surface area contributed by atoms with Crippen LogP contribution in [0.25, 0.3) is 0 Å². The number of rotatable bonds is 9. The molecule has 1 aliphatic rings. The summed E-state index contributed by atoms with van der Waals surface area (Å²) in [5.41, 5.74) is 2.12. The normalized spacial score (nSPS) is 14.9. The topological polar surface area (TPSA) is 58.6 Å². The molecule has 2 amide bonds. The van der Waals surface area contributed by atoms with Gasteiger partial charge >= 0.3 is 0 Å². The predicted octanol–water partition coefficient (Wildman–Crippen LogP) is 5.32. The molecule has 5 nitrogen and oxygen atoms in total. The van der Waals surface area contributed by atoms with E-state index in [1.54, 1.807) is 24.0 Å². The van der Waals surface area contributed by atoms with Gasteiger partial charge in [-0.25, -0.2) is 0 Å². The summed E-state index contributed by atoms with van der Waals surface area (Å²) < 4.78 is 5.76. The van der Waals surface area contributed by atoms with Crippen molar-refractivity contribution in [1.29, 1.82) is 0 Å². The average molecular weight is 457 g/mol. The van der Waals surface area contributed by atoms with E-state index in [9.17, 15) is 9.59 Å². The van der Waals surface area contributed by atoms with Crippen LogP contribution in [-0.2, 0) is 16.1 Å². The number of halogens is 1. The Bertz CT molecular complexity index is 890. The van der Waals surface area contributed by atoms with Crippen molar-refractivity contribution in [2.24, 2.45) is 0 Å². The third-order valence-corrected chi connectivity index (χ3v) is 6.30. The van der Waals surface area contributed by atoms with Gasteiger partial charge in [0.05, 0.1) is 0 Å². The molecular weight excluding hydrogens is 424 g/mol. The second kappa shape index (κ2) is 11.4. The third-order valence-electron chi connectivity index (χ3n) is 6.04. The summed E-state index contributed by atoms with van der Waals surface area (Å²) in [6.07, 6.45) is 4.27. The summed E-state index contributed by atoms with van der Waals surface area (Å²) in [4.78, 5) is 27.6. The van der Waals surface area contributed by atoms with Gasteiger partial charge in [-0.05, 0) is 61.1 Å². The molecular formula is C26H33ClN2O3. The number of nitrogens with one attached hydrogen (secondary N) is 1. The molecule has 2 aromatic rings. The second-order valence-electron chi connectivity index (χ2n) is 8.83. The zero-order valence-corrected chi connectivity index (χ0v) is 19.9. The predicted molar refractivity (Wildman–Crippen MR) is 128 cm³/mol. The molecule has 6 heteroatoms. The van der Waals surface area contributed by atoms with Crippen molar-refractivity contribution >= 4 is 23.4 Å². The molecule has 2 aromatic carbocycles. The third kappa shape index (κ3) is 6.73. The Kier molecular flexibility index (Phi) is 8.57. The second-order valence-corrected chi connectivity index (χ2v) is 9.26. The highest BCUT2D eigenvalue weighted by Gasteiger charge is 2.28. The average Bonchev–Trinajstić information content (AvgIpc) is 3.30. The lowest BCUT2D eigenvalue weighted by molar-refractivity contribution is -0.142. The van der Waals surface area contributed by atoms with Crippen molar-refractivity contribution < 1.29 is 14.3 Å². The van der Waals surface area contributed by atoms with E-state index in [1.807, 2.05) is 36.4 Å². The molecule has 0 aromatic heterocycles. The minimum Gasteiger partial charge on any atom is -0.484 e. The molecule has 32 heavy (non-hydrogen) atoms. The number of hydrogen-bond acceptors (Lipinski definition) is 3. The van der Waals surface area contributed by atoms with Crippen LogP contribution in [0, 0.1) is 0 Å². The highest BCUT2D eigenvalue weighted by Crippen LogP contribution is 2.20. The van der Waals surface area contributed by atoms with Crippen LogP contribution in [0.5, 0.6) is 5.75 Å². The maximum atomic E-state index is 13.1. The number of carbonyl (C=O) groups is 2. The Labute approximate surface area is 196 Å². The Morgan fingerprint density at radius 3 is 2.25 bits per heavy atom. The van der Waals surface area contributed by atoms with Gasteiger partial charge in [-0.2, -0.15) is 0 Å². The van der Waals surface area contributed by atoms with Crippen molar-refractivity contribution in [3.8, 4) is 5.75 Å². The number of nitrogens with zero attached hydrogens (tertiary/aromatic N) is 1. The van der Waals surface area contributed by atoms with Crippen molar-refractivity contribution in [3.63, 3.8) is 0 Å². The van der Waals surface area contributed by atoms with Crippen LogP contribution in [-0.4, -0.2) is 35.4 Å². The maximum absolute atomic E-state index is 13.1. The maximum Gasteiger partial charge on any atom is 0.261 e. The van der Waals surface area contributed by atoms with E-state index in [2.05, 4.69) is 19.2 Å². The van der Waals surface area contributed by atoms with Gasteiger partial charge in [0.15, 0.2) is 6.61 Å². The first-order chi connectivity index (χ1) is 15.3. The highest BCUT2D eigenvalue weighted by molar-refractivity contribution is 6.30. The van der Waals surface area contributed by atoms with E-state index in [0.717, 1.165) is 31.2 Å². The summed E-state index contributed by atoms with van der Waals surface area (Å²) in [7, 11) is 0. The number of carbonyl (C=O) groups excluding carboxylic acids is 2. The molecule has 0 spiro atoms. The monoisotopic (exact) mass is 456 g/mol. The quantitative estimate of drug-likeness (QED) is 0.555. The van der Waals surface area contributed by atoms with Gasteiger partial charge < -0.3 is 15.0 Å². The largest absolute Gasteiger partial charge is 0.484 e. The zero-order chi connectivity index (χ0) is 23.1. The molecule has 0 unspecified atom stereocenters. The van der Waals surface area contributed by atoms with Gasteiger partial charge in [0.2, 0.25) is 5.91 Å². The number of amides is 2. The van der Waals surface area contributed by atoms with E-state index < -0.39 is 6.04 Å². The molecule has 1 aliphatic carbocycles. The van der Waals surface area contributed by atoms with Crippen LogP contribution in [0.15, 0.2) is 48.5 Å². The molecule has 3 rings (SSSR count). The number of benzene rings is 2. The lowest BCUT2D eigenvalue weighted by Gasteiger charge is -2.29. The van der Waals surface area contributed by atoms with Crippen molar-refractivity contribution in [2.75, 3.05) is 6.61 Å². The van der Waals surface area contributed by atoms with Crippen LogP contribution in [0.4, 0.5) is 0 Å². The lowest BCUT2D eigenvalue weighted by atomic mass is 10.0. The van der Waals surface area contributed by atoms with Gasteiger partial charge in [-0.3, -0.25) is 9.59 Å². The van der Waals surface area contributed by atoms with Gasteiger partial charge in [0.1, 0.15) is 11.8 Å².